The van der Waals surface area contributed by atoms with Gasteiger partial charge in [0.1, 0.15) is 18.4 Å². The summed E-state index contributed by atoms with van der Waals surface area (Å²) in [6.45, 7) is 0.155. The molecular weight excluding hydrogens is 328 g/mol. The average molecular weight is 350 g/mol. The molecule has 26 heavy (non-hydrogen) atoms. The maximum absolute atomic E-state index is 12.7. The van der Waals surface area contributed by atoms with E-state index in [0.717, 1.165) is 18.5 Å². The van der Waals surface area contributed by atoms with Gasteiger partial charge in [0.15, 0.2) is 0 Å². The molecule has 2 aliphatic rings. The van der Waals surface area contributed by atoms with E-state index in [1.165, 1.54) is 5.56 Å². The Hall–Kier alpha value is -2.82. The molecule has 134 valence electrons. The Morgan fingerprint density at radius 3 is 2.69 bits per heavy atom. The molecule has 3 atom stereocenters. The molecule has 0 aromatic heterocycles. The summed E-state index contributed by atoms with van der Waals surface area (Å²) in [7, 11) is 1.71. The number of benzene rings is 2. The molecule has 1 fully saturated rings. The fraction of sp³-hybridized carbons (Fsp3) is 0.333. The number of rotatable bonds is 4. The molecule has 0 radical (unpaired) electrons. The van der Waals surface area contributed by atoms with Crippen molar-refractivity contribution in [3.8, 4) is 5.75 Å². The fourth-order valence-electron chi connectivity index (χ4n) is 3.55. The van der Waals surface area contributed by atoms with Gasteiger partial charge < -0.3 is 15.0 Å². The van der Waals surface area contributed by atoms with Crippen molar-refractivity contribution >= 4 is 17.5 Å². The highest BCUT2D eigenvalue weighted by Crippen LogP contribution is 2.41. The quantitative estimate of drug-likeness (QED) is 0.921. The van der Waals surface area contributed by atoms with E-state index in [1.54, 1.807) is 11.9 Å². The van der Waals surface area contributed by atoms with Gasteiger partial charge in [-0.15, -0.1) is 0 Å². The number of nitrogens with one attached hydrogen (secondary N) is 1. The van der Waals surface area contributed by atoms with Crippen molar-refractivity contribution < 1.29 is 14.3 Å². The van der Waals surface area contributed by atoms with Crippen LogP contribution in [0.1, 0.15) is 12.0 Å². The fourth-order valence-corrected chi connectivity index (χ4v) is 3.55. The predicted octanol–water partition coefficient (Wildman–Crippen LogP) is 2.41. The number of amides is 2. The molecule has 1 N–H and O–H groups in total. The molecule has 0 saturated heterocycles. The number of likely N-dealkylation sites (N-methyl/N-ethyl adjacent to an activating group) is 1. The topological polar surface area (TPSA) is 58.6 Å². The van der Waals surface area contributed by atoms with E-state index in [0.29, 0.717) is 11.7 Å². The Bertz CT molecular complexity index is 821. The van der Waals surface area contributed by atoms with E-state index in [2.05, 4.69) is 17.4 Å². The van der Waals surface area contributed by atoms with Crippen LogP contribution in [0.25, 0.3) is 0 Å². The van der Waals surface area contributed by atoms with Crippen molar-refractivity contribution in [1.82, 2.24) is 5.32 Å². The van der Waals surface area contributed by atoms with Crippen LogP contribution >= 0.6 is 0 Å². The van der Waals surface area contributed by atoms with Gasteiger partial charge in [-0.2, -0.15) is 0 Å². The smallest absolute Gasteiger partial charge is 0.252 e. The summed E-state index contributed by atoms with van der Waals surface area (Å²) in [5.41, 5.74) is 1.97. The molecule has 1 aliphatic carbocycles. The van der Waals surface area contributed by atoms with Crippen LogP contribution in [-0.4, -0.2) is 31.5 Å². The Morgan fingerprint density at radius 2 is 1.88 bits per heavy atom. The number of nitrogens with zero attached hydrogens (tertiary/aromatic N) is 1. The summed E-state index contributed by atoms with van der Waals surface area (Å²) >= 11 is 0. The normalized spacial score (nSPS) is 24.3. The molecule has 3 unspecified atom stereocenters. The van der Waals surface area contributed by atoms with Gasteiger partial charge in [-0.25, -0.2) is 0 Å². The van der Waals surface area contributed by atoms with Gasteiger partial charge in [0.25, 0.3) is 5.91 Å². The third-order valence-electron chi connectivity index (χ3n) is 5.18. The molecule has 5 nitrogen and oxygen atoms in total. The van der Waals surface area contributed by atoms with Gasteiger partial charge in [0.2, 0.25) is 5.91 Å². The largest absolute Gasteiger partial charge is 0.489 e. The monoisotopic (exact) mass is 350 g/mol. The molecule has 0 spiro atoms. The van der Waals surface area contributed by atoms with Gasteiger partial charge >= 0.3 is 0 Å². The van der Waals surface area contributed by atoms with E-state index in [9.17, 15) is 9.59 Å². The maximum atomic E-state index is 12.7. The first-order valence-corrected chi connectivity index (χ1v) is 8.97. The van der Waals surface area contributed by atoms with Crippen molar-refractivity contribution in [1.29, 1.82) is 0 Å². The number of para-hydroxylation sites is 2. The predicted molar refractivity (Wildman–Crippen MR) is 99.0 cm³/mol. The molecule has 4 rings (SSSR count). The zero-order valence-electron chi connectivity index (χ0n) is 14.7. The highest BCUT2D eigenvalue weighted by atomic mass is 16.5. The molecule has 1 heterocycles. The van der Waals surface area contributed by atoms with Gasteiger partial charge in [-0.1, -0.05) is 42.5 Å². The molecule has 2 aromatic rings. The van der Waals surface area contributed by atoms with Crippen molar-refractivity contribution in [3.05, 3.63) is 60.2 Å². The lowest BCUT2D eigenvalue weighted by atomic mass is 10.1. The van der Waals surface area contributed by atoms with Crippen LogP contribution in [0.15, 0.2) is 54.6 Å². The summed E-state index contributed by atoms with van der Waals surface area (Å²) in [6.07, 6.45) is 1.78. The molecule has 5 heteroatoms. The van der Waals surface area contributed by atoms with E-state index >= 15 is 0 Å². The van der Waals surface area contributed by atoms with Crippen molar-refractivity contribution in [2.24, 2.45) is 11.8 Å². The van der Waals surface area contributed by atoms with Crippen molar-refractivity contribution in [2.75, 3.05) is 18.6 Å². The van der Waals surface area contributed by atoms with Crippen LogP contribution < -0.4 is 15.0 Å². The zero-order chi connectivity index (χ0) is 18.1. The lowest BCUT2D eigenvalue weighted by molar-refractivity contribution is -0.128. The maximum Gasteiger partial charge on any atom is 0.252 e. The third kappa shape index (κ3) is 3.29. The number of carbonyl (C=O) groups is 2. The van der Waals surface area contributed by atoms with Crippen LogP contribution in [0.5, 0.6) is 5.75 Å². The molecule has 1 aliphatic heterocycles. The second kappa shape index (κ2) is 6.83. The van der Waals surface area contributed by atoms with Gasteiger partial charge in [-0.05, 0) is 36.5 Å². The number of hydrogen-bond donors (Lipinski definition) is 1. The van der Waals surface area contributed by atoms with Gasteiger partial charge in [0.05, 0.1) is 5.69 Å². The first kappa shape index (κ1) is 16.6. The zero-order valence-corrected chi connectivity index (χ0v) is 14.7. The highest BCUT2D eigenvalue weighted by molar-refractivity contribution is 6.01. The number of anilines is 1. The van der Waals surface area contributed by atoms with Gasteiger partial charge in [-0.3, -0.25) is 9.59 Å². The molecule has 1 saturated carbocycles. The van der Waals surface area contributed by atoms with Crippen LogP contribution in [0, 0.1) is 11.8 Å². The van der Waals surface area contributed by atoms with E-state index in [4.69, 9.17) is 4.74 Å². The van der Waals surface area contributed by atoms with Crippen molar-refractivity contribution in [3.63, 3.8) is 0 Å². The molecule has 2 amide bonds. The van der Waals surface area contributed by atoms with Crippen LogP contribution in [0.2, 0.25) is 0 Å². The minimum Gasteiger partial charge on any atom is -0.489 e. The lowest BCUT2D eigenvalue weighted by Crippen LogP contribution is -2.50. The van der Waals surface area contributed by atoms with Crippen LogP contribution in [0.3, 0.4) is 0 Å². The SMILES string of the molecule is CN1C(=O)C(NC(=O)C2CC2Cc2ccccc2)COc2ccccc21. The number of hydrogen-bond acceptors (Lipinski definition) is 3. The van der Waals surface area contributed by atoms with Crippen LogP contribution in [-0.2, 0) is 16.0 Å². The minimum atomic E-state index is -0.655. The van der Waals surface area contributed by atoms with E-state index in [1.807, 2.05) is 42.5 Å². The van der Waals surface area contributed by atoms with Crippen LogP contribution in [0.4, 0.5) is 5.69 Å². The lowest BCUT2D eigenvalue weighted by Gasteiger charge is -2.20. The molecule has 0 bridgehead atoms. The second-order valence-corrected chi connectivity index (χ2v) is 7.03. The number of fused-ring (bicyclic) bond motifs is 1. The Labute approximate surface area is 153 Å². The summed E-state index contributed by atoms with van der Waals surface area (Å²) < 4.78 is 5.75. The average Bonchev–Trinajstić information content (AvgIpc) is 3.44. The minimum absolute atomic E-state index is 0.0149. The van der Waals surface area contributed by atoms with E-state index < -0.39 is 6.04 Å². The standard InChI is InChI=1S/C21H22N2O3/c1-23-18-9-5-6-10-19(18)26-13-17(21(23)25)22-20(24)16-12-15(16)11-14-7-3-2-4-8-14/h2-10,15-17H,11-13H2,1H3,(H,22,24). The summed E-state index contributed by atoms with van der Waals surface area (Å²) in [6, 6.07) is 16.9. The molecule has 2 aromatic carbocycles. The van der Waals surface area contributed by atoms with Crippen molar-refractivity contribution in [2.45, 2.75) is 18.9 Å². The first-order valence-electron chi connectivity index (χ1n) is 8.97. The first-order chi connectivity index (χ1) is 12.6. The number of ether oxygens (including phenoxy) is 1. The Kier molecular flexibility index (Phi) is 4.37. The highest BCUT2D eigenvalue weighted by Gasteiger charge is 2.44. The summed E-state index contributed by atoms with van der Waals surface area (Å²) in [4.78, 5) is 26.8. The van der Waals surface area contributed by atoms with Gasteiger partial charge in [0, 0.05) is 13.0 Å². The molecular formula is C21H22N2O3. The Balaban J connectivity index is 1.37. The third-order valence-corrected chi connectivity index (χ3v) is 5.18. The summed E-state index contributed by atoms with van der Waals surface area (Å²) in [5.74, 6) is 0.803. The second-order valence-electron chi connectivity index (χ2n) is 7.03. The summed E-state index contributed by atoms with van der Waals surface area (Å²) in [5, 5.41) is 2.90. The number of carbonyl (C=O) groups excluding carboxylic acids is 2. The van der Waals surface area contributed by atoms with E-state index in [-0.39, 0.29) is 24.3 Å². The Morgan fingerprint density at radius 1 is 1.15 bits per heavy atom.